The summed E-state index contributed by atoms with van der Waals surface area (Å²) in [6.45, 7) is 0. The van der Waals surface area contributed by atoms with Gasteiger partial charge in [-0.05, 0) is 44.0 Å². The van der Waals surface area contributed by atoms with Crippen molar-refractivity contribution in [3.8, 4) is 0 Å². The molecule has 4 aromatic rings. The molecule has 0 aliphatic carbocycles. The molecule has 0 aliphatic rings. The minimum Gasteiger partial charge on any atom is -0.213 e. The average Bonchev–Trinajstić information content (AvgIpc) is 2.94. The van der Waals surface area contributed by atoms with Gasteiger partial charge in [0.2, 0.25) is 0 Å². The lowest BCUT2D eigenvalue weighted by atomic mass is 10.1. The Labute approximate surface area is 135 Å². The van der Waals surface area contributed by atoms with Crippen molar-refractivity contribution in [2.75, 3.05) is 0 Å². The zero-order valence-electron chi connectivity index (χ0n) is 9.38. The molecule has 3 aromatic heterocycles. The van der Waals surface area contributed by atoms with E-state index in [1.165, 1.54) is 0 Å². The molecule has 2 nitrogen and oxygen atoms in total. The highest BCUT2D eigenvalue weighted by Crippen LogP contribution is 2.44. The molecule has 0 atom stereocenters. The Bertz CT molecular complexity index is 928. The third-order valence-corrected chi connectivity index (χ3v) is 6.38. The number of aromatic nitrogens is 2. The molecule has 0 spiro atoms. The van der Waals surface area contributed by atoms with Crippen molar-refractivity contribution < 1.29 is 8.78 Å². The summed E-state index contributed by atoms with van der Waals surface area (Å²) >= 11 is 9.95. The molecule has 0 amide bonds. The molecule has 0 aliphatic heterocycles. The molecule has 0 fully saturated rings. The summed E-state index contributed by atoms with van der Waals surface area (Å²) in [5.41, 5.74) is 0.775. The van der Waals surface area contributed by atoms with Crippen LogP contribution in [0.15, 0.2) is 19.7 Å². The molecule has 0 radical (unpaired) electrons. The molecular formula is C12H2Br2F2N2S2. The SMILES string of the molecule is Fc1nc2c3cc(Br)sc3c3sc(Br)cc3c2nc1F. The van der Waals surface area contributed by atoms with Gasteiger partial charge < -0.3 is 0 Å². The second-order valence-electron chi connectivity index (χ2n) is 4.09. The van der Waals surface area contributed by atoms with Gasteiger partial charge >= 0.3 is 0 Å². The highest BCUT2D eigenvalue weighted by Gasteiger charge is 2.18. The van der Waals surface area contributed by atoms with Crippen molar-refractivity contribution >= 4 is 85.7 Å². The van der Waals surface area contributed by atoms with Gasteiger partial charge in [-0.25, -0.2) is 9.97 Å². The Morgan fingerprint density at radius 1 is 0.800 bits per heavy atom. The highest BCUT2D eigenvalue weighted by atomic mass is 79.9. The Morgan fingerprint density at radius 2 is 1.20 bits per heavy atom. The van der Waals surface area contributed by atoms with E-state index in [9.17, 15) is 8.78 Å². The lowest BCUT2D eigenvalue weighted by Gasteiger charge is -2.02. The molecule has 0 saturated heterocycles. The van der Waals surface area contributed by atoms with Crippen LogP contribution in [0.4, 0.5) is 8.78 Å². The minimum absolute atomic E-state index is 0.388. The first-order chi connectivity index (χ1) is 9.54. The Hall–Kier alpha value is -0.700. The van der Waals surface area contributed by atoms with E-state index in [0.29, 0.717) is 11.0 Å². The van der Waals surface area contributed by atoms with Gasteiger partial charge in [0.25, 0.3) is 11.9 Å². The molecule has 20 heavy (non-hydrogen) atoms. The van der Waals surface area contributed by atoms with Crippen LogP contribution in [0.2, 0.25) is 0 Å². The van der Waals surface area contributed by atoms with Crippen LogP contribution in [0, 0.1) is 11.9 Å². The summed E-state index contributed by atoms with van der Waals surface area (Å²) in [6, 6.07) is 3.73. The van der Waals surface area contributed by atoms with E-state index >= 15 is 0 Å². The van der Waals surface area contributed by atoms with Crippen molar-refractivity contribution in [1.82, 2.24) is 9.97 Å². The van der Waals surface area contributed by atoms with Gasteiger partial charge in [-0.15, -0.1) is 22.7 Å². The first kappa shape index (κ1) is 13.0. The molecule has 100 valence electrons. The molecule has 0 unspecified atom stereocenters. The summed E-state index contributed by atoms with van der Waals surface area (Å²) in [4.78, 5) is 7.49. The van der Waals surface area contributed by atoms with E-state index in [1.807, 2.05) is 12.1 Å². The van der Waals surface area contributed by atoms with Gasteiger partial charge in [-0.3, -0.25) is 0 Å². The molecule has 0 bridgehead atoms. The van der Waals surface area contributed by atoms with Crippen LogP contribution in [-0.4, -0.2) is 9.97 Å². The molecule has 8 heteroatoms. The first-order valence-corrected chi connectivity index (χ1v) is 8.59. The molecular weight excluding hydrogens is 434 g/mol. The lowest BCUT2D eigenvalue weighted by Crippen LogP contribution is -1.96. The van der Waals surface area contributed by atoms with Crippen LogP contribution < -0.4 is 0 Å². The van der Waals surface area contributed by atoms with E-state index in [-0.39, 0.29) is 0 Å². The number of thiophene rings is 2. The van der Waals surface area contributed by atoms with Crippen LogP contribution in [0.1, 0.15) is 0 Å². The molecule has 4 rings (SSSR count). The number of benzene rings is 1. The fourth-order valence-corrected chi connectivity index (χ4v) is 5.54. The fraction of sp³-hybridized carbons (Fsp3) is 0. The van der Waals surface area contributed by atoms with Crippen LogP contribution in [0.5, 0.6) is 0 Å². The average molecular weight is 436 g/mol. The van der Waals surface area contributed by atoms with Crippen LogP contribution >= 0.6 is 54.5 Å². The topological polar surface area (TPSA) is 25.8 Å². The zero-order valence-corrected chi connectivity index (χ0v) is 14.2. The largest absolute Gasteiger partial charge is 0.269 e. The highest BCUT2D eigenvalue weighted by molar-refractivity contribution is 9.11. The third-order valence-electron chi connectivity index (χ3n) is 2.93. The number of hydrogen-bond donors (Lipinski definition) is 0. The Morgan fingerprint density at radius 3 is 1.60 bits per heavy atom. The summed E-state index contributed by atoms with van der Waals surface area (Å²) in [7, 11) is 0. The van der Waals surface area contributed by atoms with Crippen molar-refractivity contribution in [2.24, 2.45) is 0 Å². The summed E-state index contributed by atoms with van der Waals surface area (Å²) in [6.07, 6.45) is 0. The van der Waals surface area contributed by atoms with E-state index in [0.717, 1.165) is 27.7 Å². The van der Waals surface area contributed by atoms with E-state index in [2.05, 4.69) is 41.8 Å². The van der Waals surface area contributed by atoms with E-state index in [4.69, 9.17) is 0 Å². The quantitative estimate of drug-likeness (QED) is 0.345. The number of halogens is 4. The van der Waals surface area contributed by atoms with Gasteiger partial charge in [-0.2, -0.15) is 8.78 Å². The van der Waals surface area contributed by atoms with Crippen molar-refractivity contribution in [3.63, 3.8) is 0 Å². The zero-order chi connectivity index (χ0) is 14.0. The van der Waals surface area contributed by atoms with E-state index < -0.39 is 11.9 Å². The van der Waals surface area contributed by atoms with Crippen molar-refractivity contribution in [2.45, 2.75) is 0 Å². The van der Waals surface area contributed by atoms with Crippen LogP contribution in [-0.2, 0) is 0 Å². The standard InChI is InChI=1S/C12H2Br2F2N2S2/c13-5-1-3-7-8(18-12(16)11(15)17-7)4-2-6(14)20-10(4)9(3)19-5/h1-2H. The molecule has 0 saturated carbocycles. The maximum Gasteiger partial charge on any atom is 0.269 e. The second-order valence-corrected chi connectivity index (χ2v) is 8.95. The van der Waals surface area contributed by atoms with Gasteiger partial charge in [-0.1, -0.05) is 0 Å². The van der Waals surface area contributed by atoms with Crippen molar-refractivity contribution in [3.05, 3.63) is 31.6 Å². The lowest BCUT2D eigenvalue weighted by molar-refractivity contribution is 0.459. The normalized spacial score (nSPS) is 12.0. The first-order valence-electron chi connectivity index (χ1n) is 5.37. The molecule has 0 N–H and O–H groups in total. The van der Waals surface area contributed by atoms with Gasteiger partial charge in [0.15, 0.2) is 0 Å². The van der Waals surface area contributed by atoms with E-state index in [1.54, 1.807) is 22.7 Å². The second kappa shape index (κ2) is 4.40. The predicted molar refractivity (Wildman–Crippen MR) is 85.6 cm³/mol. The van der Waals surface area contributed by atoms with Crippen molar-refractivity contribution in [1.29, 1.82) is 0 Å². The third kappa shape index (κ3) is 1.75. The van der Waals surface area contributed by atoms with Crippen LogP contribution in [0.25, 0.3) is 31.2 Å². The van der Waals surface area contributed by atoms with Gasteiger partial charge in [0.05, 0.1) is 17.0 Å². The maximum atomic E-state index is 13.4. The molecule has 3 heterocycles. The number of nitrogens with zero attached hydrogens (tertiary/aromatic N) is 2. The maximum absolute atomic E-state index is 13.4. The minimum atomic E-state index is -1.17. The number of rotatable bonds is 0. The van der Waals surface area contributed by atoms with Gasteiger partial charge in [0.1, 0.15) is 11.0 Å². The number of fused-ring (bicyclic) bond motifs is 6. The monoisotopic (exact) mass is 434 g/mol. The fourth-order valence-electron chi connectivity index (χ4n) is 2.18. The smallest absolute Gasteiger partial charge is 0.213 e. The Balaban J connectivity index is 2.40. The Kier molecular flexibility index (Phi) is 2.86. The molecule has 1 aromatic carbocycles. The summed E-state index contributed by atoms with van der Waals surface area (Å²) in [5, 5.41) is 1.57. The predicted octanol–water partition coefficient (Wildman–Crippen LogP) is 5.86. The van der Waals surface area contributed by atoms with Crippen LogP contribution in [0.3, 0.4) is 0 Å². The number of hydrogen-bond acceptors (Lipinski definition) is 4. The summed E-state index contributed by atoms with van der Waals surface area (Å²) in [5.74, 6) is -2.34. The summed E-state index contributed by atoms with van der Waals surface area (Å²) < 4.78 is 30.7. The van der Waals surface area contributed by atoms with Gasteiger partial charge in [0, 0.05) is 10.8 Å².